The number of anilines is 2. The Morgan fingerprint density at radius 1 is 1.10 bits per heavy atom. The number of hydrogen-bond donors (Lipinski definition) is 2. The summed E-state index contributed by atoms with van der Waals surface area (Å²) in [5.74, 6) is 0.161. The molecule has 0 fully saturated rings. The zero-order valence-electron chi connectivity index (χ0n) is 16.1. The van der Waals surface area contributed by atoms with Gasteiger partial charge >= 0.3 is 0 Å². The van der Waals surface area contributed by atoms with Gasteiger partial charge in [0.2, 0.25) is 12.4 Å². The SMILES string of the molecule is COc1ccc(S(=O)(=O)N2CCc3cccc(NC(=O)c4cc[n+](O)cc4)c32)cc1. The van der Waals surface area contributed by atoms with Gasteiger partial charge in [-0.2, -0.15) is 0 Å². The van der Waals surface area contributed by atoms with Crippen LogP contribution < -0.4 is 19.1 Å². The summed E-state index contributed by atoms with van der Waals surface area (Å²) in [4.78, 5) is 12.8. The van der Waals surface area contributed by atoms with Gasteiger partial charge in [-0.05, 0) is 42.3 Å². The Kier molecular flexibility index (Phi) is 5.04. The van der Waals surface area contributed by atoms with Crippen LogP contribution in [0.3, 0.4) is 0 Å². The number of nitrogens with one attached hydrogen (secondary N) is 1. The molecule has 0 saturated carbocycles. The number of aromatic nitrogens is 1. The van der Waals surface area contributed by atoms with E-state index >= 15 is 0 Å². The molecule has 1 amide bonds. The molecule has 0 saturated heterocycles. The third kappa shape index (κ3) is 3.55. The molecule has 9 heteroatoms. The van der Waals surface area contributed by atoms with Crippen LogP contribution in [0.4, 0.5) is 11.4 Å². The van der Waals surface area contributed by atoms with Crippen molar-refractivity contribution in [3.05, 3.63) is 78.1 Å². The fourth-order valence-corrected chi connectivity index (χ4v) is 4.92. The van der Waals surface area contributed by atoms with Gasteiger partial charge in [0.05, 0.1) is 28.9 Å². The molecule has 1 aliphatic rings. The fraction of sp³-hybridized carbons (Fsp3) is 0.143. The van der Waals surface area contributed by atoms with E-state index in [0.717, 1.165) is 10.3 Å². The normalized spacial score (nSPS) is 13.0. The third-order valence-electron chi connectivity index (χ3n) is 4.92. The predicted octanol–water partition coefficient (Wildman–Crippen LogP) is 2.22. The molecule has 0 unspecified atom stereocenters. The van der Waals surface area contributed by atoms with Crippen LogP contribution in [0.1, 0.15) is 15.9 Å². The minimum Gasteiger partial charge on any atom is -0.497 e. The molecule has 2 aromatic carbocycles. The van der Waals surface area contributed by atoms with Gasteiger partial charge in [-0.25, -0.2) is 8.42 Å². The van der Waals surface area contributed by atoms with Crippen LogP contribution in [0, 0.1) is 0 Å². The van der Waals surface area contributed by atoms with E-state index < -0.39 is 15.9 Å². The summed E-state index contributed by atoms with van der Waals surface area (Å²) in [6.07, 6.45) is 3.22. The monoisotopic (exact) mass is 426 g/mol. The fourth-order valence-electron chi connectivity index (χ4n) is 3.40. The molecule has 2 N–H and O–H groups in total. The summed E-state index contributed by atoms with van der Waals surface area (Å²) in [6, 6.07) is 14.4. The summed E-state index contributed by atoms with van der Waals surface area (Å²) in [6.45, 7) is 0.284. The number of hydrogen-bond acceptors (Lipinski definition) is 5. The molecule has 0 radical (unpaired) electrons. The zero-order valence-corrected chi connectivity index (χ0v) is 17.0. The number of nitrogens with zero attached hydrogens (tertiary/aromatic N) is 2. The number of amides is 1. The maximum atomic E-state index is 13.3. The van der Waals surface area contributed by atoms with E-state index in [0.29, 0.717) is 29.1 Å². The largest absolute Gasteiger partial charge is 0.497 e. The number of para-hydroxylation sites is 1. The molecule has 0 atom stereocenters. The molecule has 154 valence electrons. The van der Waals surface area contributed by atoms with Crippen molar-refractivity contribution in [2.75, 3.05) is 23.3 Å². The van der Waals surface area contributed by atoms with Gasteiger partial charge in [-0.1, -0.05) is 12.1 Å². The van der Waals surface area contributed by atoms with Crippen molar-refractivity contribution in [2.45, 2.75) is 11.3 Å². The van der Waals surface area contributed by atoms with Crippen molar-refractivity contribution in [1.29, 1.82) is 0 Å². The maximum absolute atomic E-state index is 13.3. The van der Waals surface area contributed by atoms with Gasteiger partial charge in [-0.15, -0.1) is 0 Å². The van der Waals surface area contributed by atoms with Gasteiger partial charge in [0.25, 0.3) is 15.9 Å². The smallest absolute Gasteiger partial charge is 0.264 e. The van der Waals surface area contributed by atoms with Crippen molar-refractivity contribution in [2.24, 2.45) is 0 Å². The van der Waals surface area contributed by atoms with Gasteiger partial charge < -0.3 is 10.1 Å². The highest BCUT2D eigenvalue weighted by Crippen LogP contribution is 2.39. The second kappa shape index (κ2) is 7.68. The lowest BCUT2D eigenvalue weighted by atomic mass is 10.1. The lowest BCUT2D eigenvalue weighted by molar-refractivity contribution is -0.904. The Labute approximate surface area is 174 Å². The molecular formula is C21H20N3O5S+. The Morgan fingerprint density at radius 2 is 1.80 bits per heavy atom. The maximum Gasteiger partial charge on any atom is 0.264 e. The van der Waals surface area contributed by atoms with Crippen molar-refractivity contribution in [3.63, 3.8) is 0 Å². The van der Waals surface area contributed by atoms with E-state index in [4.69, 9.17) is 4.74 Å². The number of benzene rings is 2. The number of sulfonamides is 1. The van der Waals surface area contributed by atoms with E-state index in [2.05, 4.69) is 5.32 Å². The van der Waals surface area contributed by atoms with Gasteiger partial charge in [-0.3, -0.25) is 14.3 Å². The van der Waals surface area contributed by atoms with Crippen molar-refractivity contribution < 1.29 is 27.9 Å². The summed E-state index contributed by atoms with van der Waals surface area (Å²) < 4.78 is 33.8. The van der Waals surface area contributed by atoms with Crippen LogP contribution in [0.15, 0.2) is 71.9 Å². The first-order valence-corrected chi connectivity index (χ1v) is 10.6. The summed E-state index contributed by atoms with van der Waals surface area (Å²) in [5.41, 5.74) is 2.05. The number of pyridine rings is 1. The Bertz CT molecular complexity index is 1190. The first-order valence-electron chi connectivity index (χ1n) is 9.21. The second-order valence-corrected chi connectivity index (χ2v) is 8.60. The highest BCUT2D eigenvalue weighted by molar-refractivity contribution is 7.92. The number of fused-ring (bicyclic) bond motifs is 1. The Balaban J connectivity index is 1.68. The molecule has 1 aliphatic heterocycles. The summed E-state index contributed by atoms with van der Waals surface area (Å²) in [5, 5.41) is 12.1. The topological polar surface area (TPSA) is 99.8 Å². The second-order valence-electron chi connectivity index (χ2n) is 6.74. The quantitative estimate of drug-likeness (QED) is 0.481. The van der Waals surface area contributed by atoms with Crippen LogP contribution in [-0.4, -0.2) is 33.2 Å². The standard InChI is InChI=1S/C21H19N3O5S/c1-29-17-5-7-18(8-6-17)30(27,28)24-14-11-15-3-2-4-19(20(15)24)22-21(25)16-9-12-23(26)13-10-16/h2-10,12-13H,11,14H2,1H3,(H-,22,25,26)/p+1. The number of methoxy groups -OCH3 is 1. The molecular weight excluding hydrogens is 406 g/mol. The molecule has 8 nitrogen and oxygen atoms in total. The van der Waals surface area contributed by atoms with Crippen LogP contribution in [0.2, 0.25) is 0 Å². The number of carbonyl (C=O) groups excluding carboxylic acids is 1. The number of carbonyl (C=O) groups is 1. The highest BCUT2D eigenvalue weighted by atomic mass is 32.2. The van der Waals surface area contributed by atoms with Crippen LogP contribution in [0.25, 0.3) is 0 Å². The summed E-state index contributed by atoms with van der Waals surface area (Å²) >= 11 is 0. The molecule has 0 spiro atoms. The number of ether oxygens (including phenoxy) is 1. The molecule has 4 rings (SSSR count). The molecule has 30 heavy (non-hydrogen) atoms. The van der Waals surface area contributed by atoms with E-state index in [9.17, 15) is 18.4 Å². The lowest BCUT2D eigenvalue weighted by Gasteiger charge is -2.22. The van der Waals surface area contributed by atoms with E-state index in [-0.39, 0.29) is 11.4 Å². The Hall–Kier alpha value is -3.59. The zero-order chi connectivity index (χ0) is 21.3. The average molecular weight is 426 g/mol. The third-order valence-corrected chi connectivity index (χ3v) is 6.74. The predicted molar refractivity (Wildman–Crippen MR) is 109 cm³/mol. The Morgan fingerprint density at radius 3 is 2.47 bits per heavy atom. The molecule has 0 aliphatic carbocycles. The van der Waals surface area contributed by atoms with Gasteiger partial charge in [0.15, 0.2) is 0 Å². The minimum absolute atomic E-state index is 0.146. The van der Waals surface area contributed by atoms with Crippen molar-refractivity contribution in [1.82, 2.24) is 0 Å². The molecule has 1 aromatic heterocycles. The van der Waals surface area contributed by atoms with Gasteiger partial charge in [0, 0.05) is 23.4 Å². The van der Waals surface area contributed by atoms with Crippen molar-refractivity contribution in [3.8, 4) is 5.75 Å². The molecule has 0 bridgehead atoms. The molecule has 2 heterocycles. The van der Waals surface area contributed by atoms with Gasteiger partial charge in [0.1, 0.15) is 5.75 Å². The minimum atomic E-state index is -3.82. The van der Waals surface area contributed by atoms with Crippen LogP contribution in [-0.2, 0) is 16.4 Å². The first-order chi connectivity index (χ1) is 14.4. The summed E-state index contributed by atoms with van der Waals surface area (Å²) in [7, 11) is -2.30. The van der Waals surface area contributed by atoms with E-state index in [1.807, 2.05) is 6.07 Å². The highest BCUT2D eigenvalue weighted by Gasteiger charge is 2.33. The van der Waals surface area contributed by atoms with E-state index in [1.165, 1.54) is 48.1 Å². The molecule has 3 aromatic rings. The first kappa shape index (κ1) is 19.7. The lowest BCUT2D eigenvalue weighted by Crippen LogP contribution is -2.30. The van der Waals surface area contributed by atoms with Crippen LogP contribution >= 0.6 is 0 Å². The van der Waals surface area contributed by atoms with Crippen molar-refractivity contribution >= 4 is 27.3 Å². The average Bonchev–Trinajstić information content (AvgIpc) is 3.20. The van der Waals surface area contributed by atoms with E-state index in [1.54, 1.807) is 24.3 Å². The number of rotatable bonds is 5. The van der Waals surface area contributed by atoms with Crippen LogP contribution in [0.5, 0.6) is 5.75 Å².